The van der Waals surface area contributed by atoms with Gasteiger partial charge < -0.3 is 29.8 Å². The lowest BCUT2D eigenvalue weighted by atomic mass is 10.0. The third-order valence-corrected chi connectivity index (χ3v) is 2.53. The summed E-state index contributed by atoms with van der Waals surface area (Å²) in [5.74, 6) is 0. The molecular weight excluding hydrogens is 231 g/mol. The van der Waals surface area contributed by atoms with Crippen LogP contribution in [0.15, 0.2) is 0 Å². The molecule has 1 saturated heterocycles. The molecule has 0 amide bonds. The van der Waals surface area contributed by atoms with Crippen LogP contribution in [0.1, 0.15) is 6.92 Å². The molecule has 0 aromatic carbocycles. The molecule has 0 radical (unpaired) electrons. The SMILES string of the molecule is C[C@@H]1O[C@H](OP(=O)(O)O)[C@@H](O)[C@@H](O)[C@@H]1O. The Labute approximate surface area is 85.3 Å². The molecular formula is C6H13O8P. The van der Waals surface area contributed by atoms with Crippen molar-refractivity contribution >= 4 is 7.82 Å². The van der Waals surface area contributed by atoms with Crippen molar-refractivity contribution in [2.45, 2.75) is 37.6 Å². The van der Waals surface area contributed by atoms with E-state index in [1.54, 1.807) is 0 Å². The van der Waals surface area contributed by atoms with E-state index >= 15 is 0 Å². The number of aliphatic hydroxyl groups excluding tert-OH is 3. The quantitative estimate of drug-likeness (QED) is 0.349. The van der Waals surface area contributed by atoms with E-state index in [0.717, 1.165) is 0 Å². The molecule has 8 nitrogen and oxygen atoms in total. The first kappa shape index (κ1) is 13.0. The van der Waals surface area contributed by atoms with Gasteiger partial charge in [-0.05, 0) is 6.92 Å². The Bertz CT molecular complexity index is 264. The average Bonchev–Trinajstić information content (AvgIpc) is 2.08. The molecule has 1 rings (SSSR count). The van der Waals surface area contributed by atoms with Crippen molar-refractivity contribution in [1.82, 2.24) is 0 Å². The lowest BCUT2D eigenvalue weighted by Crippen LogP contribution is -2.57. The molecule has 9 heteroatoms. The Morgan fingerprint density at radius 2 is 1.67 bits per heavy atom. The maximum atomic E-state index is 10.5. The topological polar surface area (TPSA) is 137 Å². The first-order valence-corrected chi connectivity index (χ1v) is 5.69. The third-order valence-electron chi connectivity index (χ3n) is 2.05. The second-order valence-electron chi connectivity index (χ2n) is 3.28. The minimum atomic E-state index is -4.82. The lowest BCUT2D eigenvalue weighted by Gasteiger charge is -2.38. The van der Waals surface area contributed by atoms with E-state index in [9.17, 15) is 19.9 Å². The van der Waals surface area contributed by atoms with Crippen LogP contribution in [0.5, 0.6) is 0 Å². The molecule has 5 N–H and O–H groups in total. The zero-order valence-corrected chi connectivity index (χ0v) is 8.69. The summed E-state index contributed by atoms with van der Waals surface area (Å²) in [5, 5.41) is 27.8. The molecule has 1 fully saturated rings. The van der Waals surface area contributed by atoms with Gasteiger partial charge in [-0.15, -0.1) is 0 Å². The minimum absolute atomic E-state index is 0.903. The van der Waals surface area contributed by atoms with Crippen molar-refractivity contribution in [3.63, 3.8) is 0 Å². The Balaban J connectivity index is 2.71. The molecule has 1 heterocycles. The van der Waals surface area contributed by atoms with Gasteiger partial charge in [-0.2, -0.15) is 0 Å². The fourth-order valence-corrected chi connectivity index (χ4v) is 1.68. The Hall–Kier alpha value is -0.0500. The second-order valence-corrected chi connectivity index (χ2v) is 4.47. The van der Waals surface area contributed by atoms with Gasteiger partial charge in [-0.25, -0.2) is 4.57 Å². The zero-order valence-electron chi connectivity index (χ0n) is 7.79. The molecule has 90 valence electrons. The smallest absolute Gasteiger partial charge is 0.388 e. The molecule has 0 bridgehead atoms. The van der Waals surface area contributed by atoms with Crippen LogP contribution in [0.4, 0.5) is 0 Å². The molecule has 0 aromatic rings. The van der Waals surface area contributed by atoms with Crippen molar-refractivity contribution in [3.8, 4) is 0 Å². The number of phosphoric ester groups is 1. The van der Waals surface area contributed by atoms with Crippen LogP contribution in [0.3, 0.4) is 0 Å². The molecule has 0 unspecified atom stereocenters. The summed E-state index contributed by atoms with van der Waals surface area (Å²) in [7, 11) is -4.82. The van der Waals surface area contributed by atoms with Crippen LogP contribution in [0.25, 0.3) is 0 Å². The highest BCUT2D eigenvalue weighted by molar-refractivity contribution is 7.46. The van der Waals surface area contributed by atoms with Gasteiger partial charge in [0.25, 0.3) is 0 Å². The molecule has 15 heavy (non-hydrogen) atoms. The van der Waals surface area contributed by atoms with Crippen molar-refractivity contribution in [3.05, 3.63) is 0 Å². The number of rotatable bonds is 2. The Kier molecular flexibility index (Phi) is 3.85. The Morgan fingerprint density at radius 3 is 2.13 bits per heavy atom. The fourth-order valence-electron chi connectivity index (χ4n) is 1.24. The van der Waals surface area contributed by atoms with Crippen molar-refractivity contribution in [2.75, 3.05) is 0 Å². The summed E-state index contributed by atoms with van der Waals surface area (Å²) >= 11 is 0. The van der Waals surface area contributed by atoms with Crippen LogP contribution < -0.4 is 0 Å². The first-order valence-electron chi connectivity index (χ1n) is 4.16. The van der Waals surface area contributed by atoms with Gasteiger partial charge in [-0.3, -0.25) is 4.52 Å². The van der Waals surface area contributed by atoms with E-state index in [0.29, 0.717) is 0 Å². The van der Waals surface area contributed by atoms with Gasteiger partial charge in [0.05, 0.1) is 6.10 Å². The summed E-state index contributed by atoms with van der Waals surface area (Å²) in [6, 6.07) is 0. The third kappa shape index (κ3) is 3.20. The predicted molar refractivity (Wildman–Crippen MR) is 45.5 cm³/mol. The predicted octanol–water partition coefficient (Wildman–Crippen LogP) is -2.08. The largest absolute Gasteiger partial charge is 0.472 e. The van der Waals surface area contributed by atoms with E-state index in [1.165, 1.54) is 6.92 Å². The van der Waals surface area contributed by atoms with Gasteiger partial charge in [0, 0.05) is 0 Å². The van der Waals surface area contributed by atoms with E-state index in [2.05, 4.69) is 4.52 Å². The number of hydrogen-bond acceptors (Lipinski definition) is 6. The molecule has 5 atom stereocenters. The lowest BCUT2D eigenvalue weighted by molar-refractivity contribution is -0.271. The van der Waals surface area contributed by atoms with Gasteiger partial charge in [0.15, 0.2) is 6.29 Å². The molecule has 0 spiro atoms. The summed E-state index contributed by atoms with van der Waals surface area (Å²) in [6.07, 6.45) is -7.20. The standard InChI is InChI=1S/C6H13O8P/c1-2-3(7)4(8)5(9)6(13-2)14-15(10,11)12/h2-9H,1H3,(H2,10,11,12)/t2-,3+,4-,5-,6+/m0/s1. The van der Waals surface area contributed by atoms with Crippen LogP contribution in [0, 0.1) is 0 Å². The van der Waals surface area contributed by atoms with E-state index in [-0.39, 0.29) is 0 Å². The van der Waals surface area contributed by atoms with Crippen molar-refractivity contribution < 1.29 is 38.9 Å². The van der Waals surface area contributed by atoms with Gasteiger partial charge in [0.2, 0.25) is 0 Å². The molecule has 0 aliphatic carbocycles. The molecule has 0 saturated carbocycles. The van der Waals surface area contributed by atoms with E-state index < -0.39 is 38.5 Å². The molecule has 0 aromatic heterocycles. The van der Waals surface area contributed by atoms with Crippen LogP contribution >= 0.6 is 7.82 Å². The van der Waals surface area contributed by atoms with Crippen LogP contribution in [-0.2, 0) is 13.8 Å². The van der Waals surface area contributed by atoms with Gasteiger partial charge >= 0.3 is 7.82 Å². The second kappa shape index (κ2) is 4.44. The number of phosphoric acid groups is 1. The molecule has 1 aliphatic rings. The summed E-state index contributed by atoms with van der Waals surface area (Å²) < 4.78 is 19.4. The highest BCUT2D eigenvalue weighted by Gasteiger charge is 2.44. The monoisotopic (exact) mass is 244 g/mol. The number of hydrogen-bond donors (Lipinski definition) is 5. The highest BCUT2D eigenvalue weighted by atomic mass is 31.2. The van der Waals surface area contributed by atoms with Crippen LogP contribution in [-0.4, -0.2) is 55.8 Å². The van der Waals surface area contributed by atoms with E-state index in [1.807, 2.05) is 0 Å². The first-order chi connectivity index (χ1) is 6.72. The van der Waals surface area contributed by atoms with Crippen LogP contribution in [0.2, 0.25) is 0 Å². The average molecular weight is 244 g/mol. The highest BCUT2D eigenvalue weighted by Crippen LogP contribution is 2.40. The van der Waals surface area contributed by atoms with E-state index in [4.69, 9.17) is 14.5 Å². The maximum absolute atomic E-state index is 10.5. The molecule has 1 aliphatic heterocycles. The Morgan fingerprint density at radius 1 is 1.13 bits per heavy atom. The van der Waals surface area contributed by atoms with Crippen molar-refractivity contribution in [1.29, 1.82) is 0 Å². The normalized spacial score (nSPS) is 42.9. The summed E-state index contributed by atoms with van der Waals surface area (Å²) in [5.41, 5.74) is 0. The number of aliphatic hydroxyl groups is 3. The summed E-state index contributed by atoms with van der Waals surface area (Å²) in [6.45, 7) is 1.37. The zero-order chi connectivity index (χ0) is 11.8. The van der Waals surface area contributed by atoms with Gasteiger partial charge in [-0.1, -0.05) is 0 Å². The minimum Gasteiger partial charge on any atom is -0.388 e. The van der Waals surface area contributed by atoms with Gasteiger partial charge in [0.1, 0.15) is 18.3 Å². The summed E-state index contributed by atoms with van der Waals surface area (Å²) in [4.78, 5) is 17.0. The van der Waals surface area contributed by atoms with Crippen molar-refractivity contribution in [2.24, 2.45) is 0 Å². The number of ether oxygens (including phenoxy) is 1. The maximum Gasteiger partial charge on any atom is 0.472 e. The fraction of sp³-hybridized carbons (Fsp3) is 1.00.